The Morgan fingerprint density at radius 1 is 1.41 bits per heavy atom. The maximum atomic E-state index is 12.5. The molecule has 0 radical (unpaired) electrons. The van der Waals surface area contributed by atoms with Crippen LogP contribution in [0.1, 0.15) is 42.2 Å². The van der Waals surface area contributed by atoms with Gasteiger partial charge in [-0.05, 0) is 49.9 Å². The summed E-state index contributed by atoms with van der Waals surface area (Å²) in [5.74, 6) is -0.0886. The van der Waals surface area contributed by atoms with Gasteiger partial charge in [0.2, 0.25) is 0 Å². The predicted molar refractivity (Wildman–Crippen MR) is 107 cm³/mol. The molecule has 1 aromatic carbocycles. The SMILES string of the molecule is CCc1c(C(=O)NCCCOCC2CCCO2)cnn1-c1ccc(Br)cc1. The Kier molecular flexibility index (Phi) is 7.43. The van der Waals surface area contributed by atoms with Crippen LogP contribution in [0.5, 0.6) is 0 Å². The minimum atomic E-state index is -0.0886. The molecule has 2 heterocycles. The lowest BCUT2D eigenvalue weighted by Crippen LogP contribution is -2.26. The van der Waals surface area contributed by atoms with E-state index in [1.807, 2.05) is 35.9 Å². The van der Waals surface area contributed by atoms with Crippen molar-refractivity contribution in [1.82, 2.24) is 15.1 Å². The Bertz CT molecular complexity index is 739. The van der Waals surface area contributed by atoms with E-state index >= 15 is 0 Å². The molecular weight excluding hydrogens is 410 g/mol. The van der Waals surface area contributed by atoms with Crippen molar-refractivity contribution >= 4 is 21.8 Å². The number of rotatable bonds is 9. The van der Waals surface area contributed by atoms with Crippen LogP contribution in [0.15, 0.2) is 34.9 Å². The number of halogens is 1. The normalized spacial score (nSPS) is 16.6. The number of ether oxygens (including phenoxy) is 2. The molecule has 2 aromatic rings. The average molecular weight is 436 g/mol. The number of nitrogens with one attached hydrogen (secondary N) is 1. The van der Waals surface area contributed by atoms with E-state index in [0.29, 0.717) is 25.3 Å². The van der Waals surface area contributed by atoms with Gasteiger partial charge in [0.15, 0.2) is 0 Å². The highest BCUT2D eigenvalue weighted by molar-refractivity contribution is 9.10. The van der Waals surface area contributed by atoms with Crippen molar-refractivity contribution in [3.05, 3.63) is 46.2 Å². The lowest BCUT2D eigenvalue weighted by Gasteiger charge is -2.11. The van der Waals surface area contributed by atoms with E-state index in [2.05, 4.69) is 26.3 Å². The largest absolute Gasteiger partial charge is 0.379 e. The molecular formula is C20H26BrN3O3. The van der Waals surface area contributed by atoms with Crippen molar-refractivity contribution in [3.8, 4) is 5.69 Å². The van der Waals surface area contributed by atoms with E-state index in [4.69, 9.17) is 9.47 Å². The fraction of sp³-hybridized carbons (Fsp3) is 0.500. The first-order chi connectivity index (χ1) is 13.2. The van der Waals surface area contributed by atoms with E-state index in [9.17, 15) is 4.79 Å². The van der Waals surface area contributed by atoms with Crippen LogP contribution >= 0.6 is 15.9 Å². The Labute approximate surface area is 168 Å². The second-order valence-electron chi connectivity index (χ2n) is 6.57. The fourth-order valence-electron chi connectivity index (χ4n) is 3.17. The summed E-state index contributed by atoms with van der Waals surface area (Å²) in [7, 11) is 0. The molecule has 0 aliphatic carbocycles. The molecule has 0 bridgehead atoms. The Hall–Kier alpha value is -1.70. The number of aromatic nitrogens is 2. The average Bonchev–Trinajstić information content (AvgIpc) is 3.34. The summed E-state index contributed by atoms with van der Waals surface area (Å²) in [6.07, 6.45) is 5.60. The molecule has 1 aliphatic heterocycles. The van der Waals surface area contributed by atoms with Crippen molar-refractivity contribution in [2.75, 3.05) is 26.4 Å². The van der Waals surface area contributed by atoms with Crippen molar-refractivity contribution in [3.63, 3.8) is 0 Å². The van der Waals surface area contributed by atoms with Crippen molar-refractivity contribution < 1.29 is 14.3 Å². The number of amides is 1. The van der Waals surface area contributed by atoms with Crippen molar-refractivity contribution in [2.24, 2.45) is 0 Å². The van der Waals surface area contributed by atoms with Gasteiger partial charge in [-0.2, -0.15) is 5.10 Å². The maximum absolute atomic E-state index is 12.5. The lowest BCUT2D eigenvalue weighted by molar-refractivity contribution is 0.0166. The van der Waals surface area contributed by atoms with Gasteiger partial charge in [0.05, 0.1) is 35.9 Å². The molecule has 1 atom stereocenters. The van der Waals surface area contributed by atoms with Crippen LogP contribution in [0, 0.1) is 0 Å². The van der Waals surface area contributed by atoms with Crippen LogP contribution < -0.4 is 5.32 Å². The predicted octanol–water partition coefficient (Wildman–Crippen LogP) is 3.51. The molecule has 1 N–H and O–H groups in total. The van der Waals surface area contributed by atoms with E-state index in [1.165, 1.54) is 0 Å². The van der Waals surface area contributed by atoms with Gasteiger partial charge in [0, 0.05) is 24.2 Å². The van der Waals surface area contributed by atoms with Crippen LogP contribution in [-0.4, -0.2) is 48.2 Å². The third-order valence-corrected chi connectivity index (χ3v) is 5.13. The second-order valence-corrected chi connectivity index (χ2v) is 7.48. The number of carbonyl (C=O) groups excluding carboxylic acids is 1. The van der Waals surface area contributed by atoms with Gasteiger partial charge < -0.3 is 14.8 Å². The minimum absolute atomic E-state index is 0.0886. The summed E-state index contributed by atoms with van der Waals surface area (Å²) in [6.45, 7) is 4.73. The highest BCUT2D eigenvalue weighted by Crippen LogP contribution is 2.18. The molecule has 1 unspecified atom stereocenters. The zero-order valence-corrected chi connectivity index (χ0v) is 17.2. The molecule has 7 heteroatoms. The number of carbonyl (C=O) groups is 1. The molecule has 27 heavy (non-hydrogen) atoms. The summed E-state index contributed by atoms with van der Waals surface area (Å²) in [5, 5.41) is 7.38. The molecule has 1 saturated heterocycles. The quantitative estimate of drug-likeness (QED) is 0.611. The first-order valence-corrected chi connectivity index (χ1v) is 10.3. The number of hydrogen-bond donors (Lipinski definition) is 1. The molecule has 3 rings (SSSR count). The lowest BCUT2D eigenvalue weighted by atomic mass is 10.2. The number of nitrogens with zero attached hydrogens (tertiary/aromatic N) is 2. The van der Waals surface area contributed by atoms with E-state index in [1.54, 1.807) is 6.20 Å². The minimum Gasteiger partial charge on any atom is -0.379 e. The summed E-state index contributed by atoms with van der Waals surface area (Å²) < 4.78 is 14.0. The van der Waals surface area contributed by atoms with Gasteiger partial charge in [-0.1, -0.05) is 22.9 Å². The van der Waals surface area contributed by atoms with Gasteiger partial charge in [-0.25, -0.2) is 4.68 Å². The molecule has 0 spiro atoms. The standard InChI is InChI=1S/C20H26BrN3O3/c1-2-19-18(13-23-24(19)16-8-6-15(21)7-9-16)20(25)22-10-4-11-26-14-17-5-3-12-27-17/h6-9,13,17H,2-5,10-12,14H2,1H3,(H,22,25). The van der Waals surface area contributed by atoms with Crippen LogP contribution in [0.25, 0.3) is 5.69 Å². The smallest absolute Gasteiger partial charge is 0.254 e. The fourth-order valence-corrected chi connectivity index (χ4v) is 3.43. The van der Waals surface area contributed by atoms with E-state index < -0.39 is 0 Å². The third-order valence-electron chi connectivity index (χ3n) is 4.60. The summed E-state index contributed by atoms with van der Waals surface area (Å²) in [5.41, 5.74) is 2.47. The highest BCUT2D eigenvalue weighted by Gasteiger charge is 2.17. The Morgan fingerprint density at radius 2 is 2.22 bits per heavy atom. The second kappa shape index (κ2) is 10.0. The molecule has 0 saturated carbocycles. The molecule has 1 aliphatic rings. The van der Waals surface area contributed by atoms with Crippen molar-refractivity contribution in [2.45, 2.75) is 38.7 Å². The summed E-state index contributed by atoms with van der Waals surface area (Å²) in [6, 6.07) is 7.88. The van der Waals surface area contributed by atoms with Crippen LogP contribution in [0.4, 0.5) is 0 Å². The van der Waals surface area contributed by atoms with Crippen molar-refractivity contribution in [1.29, 1.82) is 0 Å². The van der Waals surface area contributed by atoms with Crippen LogP contribution in [0.2, 0.25) is 0 Å². The Morgan fingerprint density at radius 3 is 2.93 bits per heavy atom. The summed E-state index contributed by atoms with van der Waals surface area (Å²) in [4.78, 5) is 12.5. The van der Waals surface area contributed by atoms with Crippen LogP contribution in [-0.2, 0) is 15.9 Å². The van der Waals surface area contributed by atoms with Gasteiger partial charge in [0.1, 0.15) is 0 Å². The van der Waals surface area contributed by atoms with Crippen LogP contribution in [0.3, 0.4) is 0 Å². The molecule has 146 valence electrons. The molecule has 6 nitrogen and oxygen atoms in total. The Balaban J connectivity index is 1.48. The molecule has 1 aromatic heterocycles. The highest BCUT2D eigenvalue weighted by atomic mass is 79.9. The van der Waals surface area contributed by atoms with Gasteiger partial charge in [-0.15, -0.1) is 0 Å². The number of hydrogen-bond acceptors (Lipinski definition) is 4. The number of benzene rings is 1. The maximum Gasteiger partial charge on any atom is 0.254 e. The topological polar surface area (TPSA) is 65.4 Å². The zero-order valence-electron chi connectivity index (χ0n) is 15.6. The zero-order chi connectivity index (χ0) is 19.1. The van der Waals surface area contributed by atoms with E-state index in [0.717, 1.165) is 48.1 Å². The first-order valence-electron chi connectivity index (χ1n) is 9.49. The summed E-state index contributed by atoms with van der Waals surface area (Å²) >= 11 is 3.44. The third kappa shape index (κ3) is 5.40. The molecule has 1 amide bonds. The van der Waals surface area contributed by atoms with Gasteiger partial charge >= 0.3 is 0 Å². The molecule has 1 fully saturated rings. The monoisotopic (exact) mass is 435 g/mol. The van der Waals surface area contributed by atoms with E-state index in [-0.39, 0.29) is 12.0 Å². The van der Waals surface area contributed by atoms with Gasteiger partial charge in [0.25, 0.3) is 5.91 Å². The first kappa shape index (κ1) is 20.0. The van der Waals surface area contributed by atoms with Gasteiger partial charge in [-0.3, -0.25) is 4.79 Å².